The van der Waals surface area contributed by atoms with Crippen LogP contribution >= 0.6 is 11.5 Å². The van der Waals surface area contributed by atoms with Crippen molar-refractivity contribution in [2.45, 2.75) is 31.6 Å². The predicted octanol–water partition coefficient (Wildman–Crippen LogP) is 1.44. The lowest BCUT2D eigenvalue weighted by Crippen LogP contribution is -2.22. The largest absolute Gasteiger partial charge is 0.772 e. The number of hydrogen-bond acceptors (Lipinski definition) is 7. The molecule has 0 aromatic carbocycles. The van der Waals surface area contributed by atoms with Gasteiger partial charge in [0.2, 0.25) is 0 Å². The third-order valence-electron chi connectivity index (χ3n) is 2.68. The highest BCUT2D eigenvalue weighted by Crippen LogP contribution is 2.36. The van der Waals surface area contributed by atoms with E-state index in [1.54, 1.807) is 13.0 Å². The summed E-state index contributed by atoms with van der Waals surface area (Å²) >= 11 is -1.42. The Bertz CT molecular complexity index is 601. The molecule has 0 amide bonds. The van der Waals surface area contributed by atoms with Gasteiger partial charge in [0.1, 0.15) is 16.5 Å². The van der Waals surface area contributed by atoms with Crippen LogP contribution in [0.5, 0.6) is 0 Å². The standard InChI is InChI=1S/C11H13N3O3S2/c1-6-9(8(5-12)18-14-6)10(19(15)16)7-4-11(2,3)17-13-7/h4,10,13H,1-3H3,(H,15,16)/p-1. The van der Waals surface area contributed by atoms with Crippen LogP contribution in [-0.4, -0.2) is 18.7 Å². The minimum Gasteiger partial charge on any atom is -0.772 e. The van der Waals surface area contributed by atoms with Crippen molar-refractivity contribution in [3.05, 3.63) is 27.9 Å². The van der Waals surface area contributed by atoms with Crippen LogP contribution in [0.25, 0.3) is 0 Å². The third kappa shape index (κ3) is 2.69. The number of hydrogen-bond donors (Lipinski definition) is 1. The Kier molecular flexibility index (Phi) is 3.73. The van der Waals surface area contributed by atoms with E-state index >= 15 is 0 Å². The fourth-order valence-electron chi connectivity index (χ4n) is 1.87. The third-order valence-corrected chi connectivity index (χ3v) is 4.42. The van der Waals surface area contributed by atoms with Gasteiger partial charge in [-0.25, -0.2) is 0 Å². The molecule has 2 atom stereocenters. The lowest BCUT2D eigenvalue weighted by atomic mass is 10.0. The van der Waals surface area contributed by atoms with Crippen molar-refractivity contribution in [2.24, 2.45) is 0 Å². The van der Waals surface area contributed by atoms with Crippen LogP contribution in [0.15, 0.2) is 11.8 Å². The number of aryl methyl sites for hydroxylation is 1. The van der Waals surface area contributed by atoms with Gasteiger partial charge in [0.15, 0.2) is 0 Å². The number of rotatable bonds is 3. The van der Waals surface area contributed by atoms with Gasteiger partial charge in [0.25, 0.3) is 0 Å². The average Bonchev–Trinajstić information content (AvgIpc) is 2.84. The second-order valence-electron chi connectivity index (χ2n) is 4.67. The number of aromatic nitrogens is 1. The first-order valence-electron chi connectivity index (χ1n) is 5.47. The summed E-state index contributed by atoms with van der Waals surface area (Å²) in [6.07, 6.45) is 1.70. The summed E-state index contributed by atoms with van der Waals surface area (Å²) in [5, 5.41) is 8.09. The molecule has 0 bridgehead atoms. The van der Waals surface area contributed by atoms with E-state index in [-0.39, 0.29) is 0 Å². The maximum absolute atomic E-state index is 11.5. The van der Waals surface area contributed by atoms with E-state index in [2.05, 4.69) is 9.85 Å². The van der Waals surface area contributed by atoms with Gasteiger partial charge in [-0.1, -0.05) is 0 Å². The number of nitrogens with zero attached hydrogens (tertiary/aromatic N) is 2. The average molecular weight is 298 g/mol. The van der Waals surface area contributed by atoms with E-state index < -0.39 is 21.9 Å². The molecule has 102 valence electrons. The van der Waals surface area contributed by atoms with Gasteiger partial charge < -0.3 is 4.55 Å². The van der Waals surface area contributed by atoms with Crippen LogP contribution in [0.1, 0.15) is 35.2 Å². The fraction of sp³-hybridized carbons (Fsp3) is 0.455. The maximum atomic E-state index is 11.5. The maximum Gasteiger partial charge on any atom is 0.130 e. The Morgan fingerprint density at radius 3 is 2.84 bits per heavy atom. The molecule has 1 aromatic rings. The highest BCUT2D eigenvalue weighted by Gasteiger charge is 2.33. The quantitative estimate of drug-likeness (QED) is 0.848. The summed E-state index contributed by atoms with van der Waals surface area (Å²) in [4.78, 5) is 5.58. The van der Waals surface area contributed by atoms with Gasteiger partial charge >= 0.3 is 0 Å². The molecule has 2 rings (SSSR count). The van der Waals surface area contributed by atoms with Crippen molar-refractivity contribution in [3.63, 3.8) is 0 Å². The van der Waals surface area contributed by atoms with E-state index in [1.165, 1.54) is 0 Å². The Morgan fingerprint density at radius 2 is 2.37 bits per heavy atom. The Hall–Kier alpha value is -1.27. The van der Waals surface area contributed by atoms with Crippen molar-refractivity contribution in [2.75, 3.05) is 0 Å². The summed E-state index contributed by atoms with van der Waals surface area (Å²) in [6, 6.07) is 1.98. The van der Waals surface area contributed by atoms with Gasteiger partial charge in [-0.3, -0.25) is 14.5 Å². The molecular weight excluding hydrogens is 286 g/mol. The van der Waals surface area contributed by atoms with Crippen molar-refractivity contribution in [3.8, 4) is 6.07 Å². The van der Waals surface area contributed by atoms with E-state index in [1.807, 2.05) is 19.9 Å². The zero-order valence-corrected chi connectivity index (χ0v) is 12.2. The van der Waals surface area contributed by atoms with Crippen LogP contribution in [0.2, 0.25) is 0 Å². The number of nitrogens with one attached hydrogen (secondary N) is 1. The van der Waals surface area contributed by atoms with Gasteiger partial charge in [-0.2, -0.15) is 9.64 Å². The topological polar surface area (TPSA) is 98.1 Å². The zero-order valence-electron chi connectivity index (χ0n) is 10.6. The van der Waals surface area contributed by atoms with Crippen molar-refractivity contribution < 1.29 is 13.6 Å². The summed E-state index contributed by atoms with van der Waals surface area (Å²) < 4.78 is 27.1. The van der Waals surface area contributed by atoms with Gasteiger partial charge in [-0.15, -0.1) is 0 Å². The van der Waals surface area contributed by atoms with Gasteiger partial charge in [0.05, 0.1) is 16.6 Å². The highest BCUT2D eigenvalue weighted by molar-refractivity contribution is 7.79. The number of nitriles is 1. The van der Waals surface area contributed by atoms with Crippen LogP contribution in [0, 0.1) is 18.3 Å². The molecule has 6 nitrogen and oxygen atoms in total. The van der Waals surface area contributed by atoms with E-state index in [4.69, 9.17) is 10.1 Å². The highest BCUT2D eigenvalue weighted by atomic mass is 32.2. The molecule has 0 aliphatic carbocycles. The first kappa shape index (κ1) is 14.1. The molecule has 1 aromatic heterocycles. The lowest BCUT2D eigenvalue weighted by Gasteiger charge is -2.20. The van der Waals surface area contributed by atoms with E-state index in [0.717, 1.165) is 11.5 Å². The van der Waals surface area contributed by atoms with Crippen LogP contribution < -0.4 is 5.48 Å². The first-order chi connectivity index (χ1) is 8.85. The second-order valence-corrected chi connectivity index (χ2v) is 6.44. The van der Waals surface area contributed by atoms with Crippen LogP contribution in [0.3, 0.4) is 0 Å². The van der Waals surface area contributed by atoms with E-state index in [9.17, 15) is 8.76 Å². The summed E-state index contributed by atoms with van der Waals surface area (Å²) in [7, 11) is 0. The van der Waals surface area contributed by atoms with Gasteiger partial charge in [0, 0.05) is 5.56 Å². The predicted molar refractivity (Wildman–Crippen MR) is 69.6 cm³/mol. The molecule has 0 fully saturated rings. The monoisotopic (exact) mass is 298 g/mol. The van der Waals surface area contributed by atoms with Crippen LogP contribution in [0.4, 0.5) is 0 Å². The fourth-order valence-corrected chi connectivity index (χ4v) is 3.48. The Labute approximate surface area is 117 Å². The summed E-state index contributed by atoms with van der Waals surface area (Å²) in [6.45, 7) is 5.30. The molecule has 2 unspecified atom stereocenters. The molecule has 1 aliphatic rings. The Balaban J connectivity index is 2.51. The van der Waals surface area contributed by atoms with Gasteiger partial charge in [-0.05, 0) is 49.5 Å². The zero-order chi connectivity index (χ0) is 14.2. The first-order valence-corrected chi connectivity index (χ1v) is 7.38. The van der Waals surface area contributed by atoms with Crippen LogP contribution in [-0.2, 0) is 15.9 Å². The summed E-state index contributed by atoms with van der Waals surface area (Å²) in [5.41, 5.74) is 3.42. The normalized spacial score (nSPS) is 20.3. The molecule has 0 radical (unpaired) electrons. The Morgan fingerprint density at radius 1 is 1.68 bits per heavy atom. The molecule has 0 saturated carbocycles. The number of hydroxylamine groups is 1. The molecule has 8 heteroatoms. The minimum atomic E-state index is -2.42. The second kappa shape index (κ2) is 5.02. The SMILES string of the molecule is Cc1nsc(C#N)c1C(C1=CC(C)(C)ON1)S(=O)[O-]. The molecule has 0 saturated heterocycles. The molecule has 1 aliphatic heterocycles. The van der Waals surface area contributed by atoms with E-state index in [0.29, 0.717) is 21.8 Å². The molecule has 2 heterocycles. The molecule has 1 N–H and O–H groups in total. The van der Waals surface area contributed by atoms with Crippen molar-refractivity contribution >= 4 is 22.6 Å². The van der Waals surface area contributed by atoms with Crippen molar-refractivity contribution in [1.82, 2.24) is 9.85 Å². The van der Waals surface area contributed by atoms with Crippen molar-refractivity contribution in [1.29, 1.82) is 5.26 Å². The molecule has 0 spiro atoms. The molecule has 19 heavy (non-hydrogen) atoms. The minimum absolute atomic E-state index is 0.305. The summed E-state index contributed by atoms with van der Waals surface area (Å²) in [5.74, 6) is 0. The lowest BCUT2D eigenvalue weighted by molar-refractivity contribution is -0.0159. The smallest absolute Gasteiger partial charge is 0.130 e. The molecular formula is C11H12N3O3S2-.